The molecule has 0 saturated carbocycles. The Labute approximate surface area is 146 Å². The standard InChI is InChI=1S/C18H26NO.BF4/c1-6-13(4)17-11-14(5)16-10-9-15(12-18(16)20-17)19(7-2)8-3;2-1(3,4)5/h9-13H,6-8H2,1-5H3;/q+1;-1. The molecule has 1 aromatic heterocycles. The molecule has 0 saturated heterocycles. The van der Waals surface area contributed by atoms with E-state index in [0.29, 0.717) is 5.92 Å². The summed E-state index contributed by atoms with van der Waals surface area (Å²) in [6.45, 7) is 13.0. The largest absolute Gasteiger partial charge is 0.673 e. The summed E-state index contributed by atoms with van der Waals surface area (Å²) in [5, 5.41) is 1.22. The van der Waals surface area contributed by atoms with Gasteiger partial charge < -0.3 is 22.2 Å². The fourth-order valence-electron chi connectivity index (χ4n) is 2.60. The molecule has 0 aliphatic heterocycles. The Morgan fingerprint density at radius 1 is 1.04 bits per heavy atom. The molecule has 140 valence electrons. The minimum absolute atomic E-state index is 0.468. The molecule has 0 fully saturated rings. The Morgan fingerprint density at radius 2 is 1.60 bits per heavy atom. The molecule has 0 amide bonds. The van der Waals surface area contributed by atoms with E-state index < -0.39 is 7.25 Å². The summed E-state index contributed by atoms with van der Waals surface area (Å²) in [5.41, 5.74) is 3.55. The van der Waals surface area contributed by atoms with Gasteiger partial charge in [0.1, 0.15) is 0 Å². The van der Waals surface area contributed by atoms with E-state index in [2.05, 4.69) is 63.8 Å². The molecule has 1 unspecified atom stereocenters. The maximum atomic E-state index is 9.75. The van der Waals surface area contributed by atoms with Gasteiger partial charge in [-0.2, -0.15) is 0 Å². The molecular formula is C18H26BF4NO. The molecule has 7 heteroatoms. The highest BCUT2D eigenvalue weighted by molar-refractivity contribution is 6.50. The summed E-state index contributed by atoms with van der Waals surface area (Å²) >= 11 is 0. The third-order valence-electron chi connectivity index (χ3n) is 4.20. The van der Waals surface area contributed by atoms with Crippen molar-refractivity contribution < 1.29 is 21.7 Å². The molecule has 0 bridgehead atoms. The van der Waals surface area contributed by atoms with Crippen LogP contribution in [0.15, 0.2) is 28.7 Å². The van der Waals surface area contributed by atoms with Crippen molar-refractivity contribution in [3.8, 4) is 0 Å². The maximum absolute atomic E-state index is 9.75. The lowest BCUT2D eigenvalue weighted by Crippen LogP contribution is -2.21. The average Bonchev–Trinajstić information content (AvgIpc) is 2.53. The second-order valence-electron chi connectivity index (χ2n) is 5.99. The van der Waals surface area contributed by atoms with E-state index in [1.165, 1.54) is 16.6 Å². The Hall–Kier alpha value is -1.79. The first-order valence-corrected chi connectivity index (χ1v) is 8.60. The molecule has 25 heavy (non-hydrogen) atoms. The van der Waals surface area contributed by atoms with Gasteiger partial charge in [0, 0.05) is 24.8 Å². The summed E-state index contributed by atoms with van der Waals surface area (Å²) in [7, 11) is -6.00. The van der Waals surface area contributed by atoms with E-state index in [1.54, 1.807) is 0 Å². The van der Waals surface area contributed by atoms with Gasteiger partial charge in [-0.1, -0.05) is 6.92 Å². The molecule has 1 aromatic carbocycles. The lowest BCUT2D eigenvalue weighted by Gasteiger charge is -2.20. The lowest BCUT2D eigenvalue weighted by atomic mass is 10.0. The average molecular weight is 359 g/mol. The maximum Gasteiger partial charge on any atom is 0.673 e. The number of hydrogen-bond donors (Lipinski definition) is 0. The van der Waals surface area contributed by atoms with Crippen molar-refractivity contribution in [3.63, 3.8) is 0 Å². The van der Waals surface area contributed by atoms with Crippen LogP contribution in [0, 0.1) is 6.92 Å². The molecular weight excluding hydrogens is 333 g/mol. The van der Waals surface area contributed by atoms with E-state index >= 15 is 0 Å². The van der Waals surface area contributed by atoms with Crippen LogP contribution < -0.4 is 4.90 Å². The van der Waals surface area contributed by atoms with E-state index in [-0.39, 0.29) is 0 Å². The fraction of sp³-hybridized carbons (Fsp3) is 0.500. The number of benzene rings is 1. The summed E-state index contributed by atoms with van der Waals surface area (Å²) in [5.74, 6) is 1.56. The molecule has 0 aliphatic carbocycles. The minimum Gasteiger partial charge on any atom is -0.418 e. The Kier molecular flexibility index (Phi) is 7.71. The second-order valence-corrected chi connectivity index (χ2v) is 5.99. The van der Waals surface area contributed by atoms with Crippen LogP contribution in [0.4, 0.5) is 23.0 Å². The fourth-order valence-corrected chi connectivity index (χ4v) is 2.60. The van der Waals surface area contributed by atoms with Crippen molar-refractivity contribution >= 4 is 23.9 Å². The first-order chi connectivity index (χ1) is 11.6. The van der Waals surface area contributed by atoms with Gasteiger partial charge in [0.2, 0.25) is 0 Å². The van der Waals surface area contributed by atoms with Gasteiger partial charge in [-0.15, -0.1) is 0 Å². The summed E-state index contributed by atoms with van der Waals surface area (Å²) in [4.78, 5) is 2.35. The van der Waals surface area contributed by atoms with Gasteiger partial charge in [-0.3, -0.25) is 0 Å². The van der Waals surface area contributed by atoms with Crippen LogP contribution in [-0.4, -0.2) is 20.3 Å². The van der Waals surface area contributed by atoms with Crippen molar-refractivity contribution in [2.24, 2.45) is 0 Å². The quantitative estimate of drug-likeness (QED) is 0.336. The van der Waals surface area contributed by atoms with Gasteiger partial charge in [0.25, 0.3) is 0 Å². The number of aryl methyl sites for hydroxylation is 1. The monoisotopic (exact) mass is 359 g/mol. The number of rotatable bonds is 5. The lowest BCUT2D eigenvalue weighted by molar-refractivity contribution is 0.368. The van der Waals surface area contributed by atoms with Crippen molar-refractivity contribution in [2.45, 2.75) is 47.0 Å². The van der Waals surface area contributed by atoms with E-state index in [4.69, 9.17) is 4.42 Å². The summed E-state index contributed by atoms with van der Waals surface area (Å²) in [6.07, 6.45) is 1.10. The normalized spacial score (nSPS) is 12.5. The number of anilines is 1. The van der Waals surface area contributed by atoms with Crippen LogP contribution in [0.1, 0.15) is 51.4 Å². The van der Waals surface area contributed by atoms with Gasteiger partial charge in [-0.05, 0) is 51.8 Å². The van der Waals surface area contributed by atoms with Gasteiger partial charge in [0.15, 0.2) is 0 Å². The predicted octanol–water partition coefficient (Wildman–Crippen LogP) is 6.68. The third kappa shape index (κ3) is 6.55. The first-order valence-electron chi connectivity index (χ1n) is 8.60. The molecule has 1 atom stereocenters. The van der Waals surface area contributed by atoms with Crippen LogP contribution in [0.2, 0.25) is 0 Å². The van der Waals surface area contributed by atoms with Gasteiger partial charge in [-0.25, -0.2) is 4.42 Å². The number of fused-ring (bicyclic) bond motifs is 1. The van der Waals surface area contributed by atoms with Crippen LogP contribution in [-0.2, 0) is 0 Å². The second kappa shape index (κ2) is 9.06. The summed E-state index contributed by atoms with van der Waals surface area (Å²) in [6, 6.07) is 8.75. The predicted molar refractivity (Wildman–Crippen MR) is 97.8 cm³/mol. The molecule has 2 aromatic rings. The van der Waals surface area contributed by atoms with Crippen molar-refractivity contribution in [1.82, 2.24) is 0 Å². The number of hydrogen-bond acceptors (Lipinski definition) is 1. The van der Waals surface area contributed by atoms with E-state index in [9.17, 15) is 17.3 Å². The molecule has 0 aliphatic rings. The summed E-state index contributed by atoms with van der Waals surface area (Å²) < 4.78 is 45.1. The van der Waals surface area contributed by atoms with Crippen LogP contribution in [0.25, 0.3) is 11.0 Å². The SMILES string of the molecule is CCC(C)c1cc(C)c2ccc(N(CC)CC)cc2[o+]1.F[B-](F)(F)F. The highest BCUT2D eigenvalue weighted by atomic mass is 19.5. The highest BCUT2D eigenvalue weighted by Crippen LogP contribution is 2.29. The van der Waals surface area contributed by atoms with Crippen molar-refractivity contribution in [3.05, 3.63) is 35.6 Å². The van der Waals surface area contributed by atoms with Gasteiger partial charge in [0.05, 0.1) is 17.4 Å². The van der Waals surface area contributed by atoms with Crippen molar-refractivity contribution in [2.75, 3.05) is 18.0 Å². The van der Waals surface area contributed by atoms with E-state index in [0.717, 1.165) is 30.9 Å². The van der Waals surface area contributed by atoms with Gasteiger partial charge >= 0.3 is 18.6 Å². The first kappa shape index (κ1) is 21.3. The van der Waals surface area contributed by atoms with E-state index in [1.807, 2.05) is 0 Å². The topological polar surface area (TPSA) is 14.5 Å². The zero-order valence-corrected chi connectivity index (χ0v) is 15.5. The smallest absolute Gasteiger partial charge is 0.418 e. The van der Waals surface area contributed by atoms with Crippen LogP contribution in [0.5, 0.6) is 0 Å². The highest BCUT2D eigenvalue weighted by Gasteiger charge is 2.21. The van der Waals surface area contributed by atoms with Crippen LogP contribution in [0.3, 0.4) is 0 Å². The number of halogens is 4. The third-order valence-corrected chi connectivity index (χ3v) is 4.20. The molecule has 1 heterocycles. The minimum atomic E-state index is -6.00. The molecule has 0 spiro atoms. The zero-order valence-electron chi connectivity index (χ0n) is 15.5. The Balaban J connectivity index is 0.000000550. The molecule has 2 rings (SSSR count). The Bertz CT molecular complexity index is 681. The molecule has 2 nitrogen and oxygen atoms in total. The zero-order chi connectivity index (χ0) is 19.2. The number of nitrogens with zero attached hydrogens (tertiary/aromatic N) is 1. The van der Waals surface area contributed by atoms with Crippen LogP contribution >= 0.6 is 0 Å². The Morgan fingerprint density at radius 3 is 2.08 bits per heavy atom. The van der Waals surface area contributed by atoms with Crippen molar-refractivity contribution in [1.29, 1.82) is 0 Å². The molecule has 0 N–H and O–H groups in total. The molecule has 0 radical (unpaired) electrons.